The van der Waals surface area contributed by atoms with Crippen molar-refractivity contribution in [2.45, 2.75) is 13.0 Å². The van der Waals surface area contributed by atoms with Gasteiger partial charge in [-0.15, -0.1) is 0 Å². The summed E-state index contributed by atoms with van der Waals surface area (Å²) < 4.78 is 12.3. The van der Waals surface area contributed by atoms with E-state index < -0.39 is 0 Å². The maximum absolute atomic E-state index is 9.07. The standard InChI is InChI=1S/C14H17BrN2O2/c1-2-17-5-6-18-13(9-17)10-19-14-4-3-12(15)7-11(14)8-16/h3-4,7,13H,2,5-6,9-10H2,1H3. The fourth-order valence-corrected chi connectivity index (χ4v) is 2.43. The van der Waals surface area contributed by atoms with Crippen molar-refractivity contribution in [3.05, 3.63) is 28.2 Å². The Kier molecular flexibility index (Phi) is 5.20. The van der Waals surface area contributed by atoms with Crippen LogP contribution in [0.4, 0.5) is 0 Å². The van der Waals surface area contributed by atoms with Crippen LogP contribution in [0.15, 0.2) is 22.7 Å². The molecule has 0 radical (unpaired) electrons. The second-order valence-corrected chi connectivity index (χ2v) is 5.36. The van der Waals surface area contributed by atoms with Crippen molar-refractivity contribution < 1.29 is 9.47 Å². The van der Waals surface area contributed by atoms with Gasteiger partial charge in [0.25, 0.3) is 0 Å². The third kappa shape index (κ3) is 3.93. The quantitative estimate of drug-likeness (QED) is 0.853. The van der Waals surface area contributed by atoms with Crippen molar-refractivity contribution in [2.24, 2.45) is 0 Å². The average molecular weight is 325 g/mol. The maximum Gasteiger partial charge on any atom is 0.137 e. The van der Waals surface area contributed by atoms with Crippen molar-refractivity contribution >= 4 is 15.9 Å². The molecule has 1 aliphatic heterocycles. The average Bonchev–Trinajstić information content (AvgIpc) is 2.46. The number of morpholine rings is 1. The van der Waals surface area contributed by atoms with E-state index >= 15 is 0 Å². The molecule has 0 bridgehead atoms. The molecule has 1 heterocycles. The van der Waals surface area contributed by atoms with Crippen LogP contribution in [0.3, 0.4) is 0 Å². The van der Waals surface area contributed by atoms with Crippen molar-refractivity contribution in [2.75, 3.05) is 32.8 Å². The Labute approximate surface area is 122 Å². The minimum Gasteiger partial charge on any atom is -0.489 e. The van der Waals surface area contributed by atoms with Gasteiger partial charge in [-0.1, -0.05) is 22.9 Å². The van der Waals surface area contributed by atoms with E-state index in [1.54, 1.807) is 6.07 Å². The molecule has 0 spiro atoms. The first-order chi connectivity index (χ1) is 9.22. The zero-order valence-corrected chi connectivity index (χ0v) is 12.5. The number of nitriles is 1. The van der Waals surface area contributed by atoms with Crippen molar-refractivity contribution in [1.29, 1.82) is 5.26 Å². The molecular formula is C14H17BrN2O2. The Hall–Kier alpha value is -1.09. The lowest BCUT2D eigenvalue weighted by Crippen LogP contribution is -2.44. The van der Waals surface area contributed by atoms with Gasteiger partial charge < -0.3 is 9.47 Å². The molecule has 0 aromatic heterocycles. The lowest BCUT2D eigenvalue weighted by Gasteiger charge is -2.31. The van der Waals surface area contributed by atoms with Crippen LogP contribution in [-0.2, 0) is 4.74 Å². The highest BCUT2D eigenvalue weighted by atomic mass is 79.9. The molecule has 0 saturated carbocycles. The van der Waals surface area contributed by atoms with Gasteiger partial charge in [0, 0.05) is 17.6 Å². The zero-order chi connectivity index (χ0) is 13.7. The summed E-state index contributed by atoms with van der Waals surface area (Å²) in [5, 5.41) is 9.07. The van der Waals surface area contributed by atoms with Gasteiger partial charge in [0.1, 0.15) is 24.5 Å². The molecule has 1 unspecified atom stereocenters. The van der Waals surface area contributed by atoms with E-state index in [1.165, 1.54) is 0 Å². The highest BCUT2D eigenvalue weighted by Crippen LogP contribution is 2.22. The van der Waals surface area contributed by atoms with Crippen LogP contribution in [0.1, 0.15) is 12.5 Å². The summed E-state index contributed by atoms with van der Waals surface area (Å²) in [6.07, 6.45) is 0.0730. The highest BCUT2D eigenvalue weighted by Gasteiger charge is 2.20. The number of benzene rings is 1. The summed E-state index contributed by atoms with van der Waals surface area (Å²) in [5.74, 6) is 0.614. The maximum atomic E-state index is 9.07. The smallest absolute Gasteiger partial charge is 0.137 e. The Morgan fingerprint density at radius 1 is 1.58 bits per heavy atom. The third-order valence-electron chi connectivity index (χ3n) is 3.16. The van der Waals surface area contributed by atoms with Crippen molar-refractivity contribution in [1.82, 2.24) is 4.90 Å². The van der Waals surface area contributed by atoms with E-state index in [1.807, 2.05) is 12.1 Å². The number of hydrogen-bond acceptors (Lipinski definition) is 4. The lowest BCUT2D eigenvalue weighted by atomic mass is 10.2. The molecule has 4 nitrogen and oxygen atoms in total. The molecule has 1 aromatic carbocycles. The molecule has 2 rings (SSSR count). The normalized spacial score (nSPS) is 19.9. The number of hydrogen-bond donors (Lipinski definition) is 0. The Balaban J connectivity index is 1.93. The number of ether oxygens (including phenoxy) is 2. The van der Waals surface area contributed by atoms with Gasteiger partial charge >= 0.3 is 0 Å². The van der Waals surface area contributed by atoms with Crippen LogP contribution in [0.2, 0.25) is 0 Å². The summed E-state index contributed by atoms with van der Waals surface area (Å²) in [7, 11) is 0. The lowest BCUT2D eigenvalue weighted by molar-refractivity contribution is -0.0464. The van der Waals surface area contributed by atoms with Gasteiger partial charge in [0.05, 0.1) is 12.2 Å². The van der Waals surface area contributed by atoms with Gasteiger partial charge in [-0.25, -0.2) is 0 Å². The number of rotatable bonds is 4. The molecule has 19 heavy (non-hydrogen) atoms. The van der Waals surface area contributed by atoms with E-state index in [0.29, 0.717) is 17.9 Å². The van der Waals surface area contributed by atoms with Crippen LogP contribution in [0, 0.1) is 11.3 Å². The topological polar surface area (TPSA) is 45.5 Å². The Morgan fingerprint density at radius 3 is 3.16 bits per heavy atom. The predicted octanol–water partition coefficient (Wildman–Crippen LogP) is 2.42. The summed E-state index contributed by atoms with van der Waals surface area (Å²) >= 11 is 3.34. The van der Waals surface area contributed by atoms with E-state index in [4.69, 9.17) is 14.7 Å². The molecule has 1 aliphatic rings. The second kappa shape index (κ2) is 6.90. The van der Waals surface area contributed by atoms with E-state index in [-0.39, 0.29) is 6.10 Å². The second-order valence-electron chi connectivity index (χ2n) is 4.45. The van der Waals surface area contributed by atoms with Gasteiger partial charge in [0.15, 0.2) is 0 Å². The summed E-state index contributed by atoms with van der Waals surface area (Å²) in [5.41, 5.74) is 0.539. The fourth-order valence-electron chi connectivity index (χ4n) is 2.07. The molecule has 0 aliphatic carbocycles. The fraction of sp³-hybridized carbons (Fsp3) is 0.500. The molecule has 1 aromatic rings. The molecule has 0 N–H and O–H groups in total. The number of likely N-dealkylation sites (N-methyl/N-ethyl adjacent to an activating group) is 1. The first kappa shape index (κ1) is 14.3. The van der Waals surface area contributed by atoms with E-state index in [2.05, 4.69) is 33.8 Å². The van der Waals surface area contributed by atoms with Crippen LogP contribution < -0.4 is 4.74 Å². The first-order valence-corrected chi connectivity index (χ1v) is 7.18. The summed E-state index contributed by atoms with van der Waals surface area (Å²) in [4.78, 5) is 2.34. The molecule has 1 fully saturated rings. The van der Waals surface area contributed by atoms with Gasteiger partial charge in [0.2, 0.25) is 0 Å². The van der Waals surface area contributed by atoms with Gasteiger partial charge in [-0.3, -0.25) is 4.90 Å². The molecule has 1 atom stereocenters. The molecular weight excluding hydrogens is 308 g/mol. The summed E-state index contributed by atoms with van der Waals surface area (Å²) in [6, 6.07) is 7.58. The minimum absolute atomic E-state index is 0.0730. The Bertz CT molecular complexity index is 473. The molecule has 0 amide bonds. The third-order valence-corrected chi connectivity index (χ3v) is 3.65. The zero-order valence-electron chi connectivity index (χ0n) is 10.9. The van der Waals surface area contributed by atoms with Crippen LogP contribution in [-0.4, -0.2) is 43.9 Å². The van der Waals surface area contributed by atoms with Crippen molar-refractivity contribution in [3.8, 4) is 11.8 Å². The van der Waals surface area contributed by atoms with Crippen LogP contribution in [0.5, 0.6) is 5.75 Å². The van der Waals surface area contributed by atoms with Crippen LogP contribution >= 0.6 is 15.9 Å². The largest absolute Gasteiger partial charge is 0.489 e. The highest BCUT2D eigenvalue weighted by molar-refractivity contribution is 9.10. The molecule has 1 saturated heterocycles. The Morgan fingerprint density at radius 2 is 2.42 bits per heavy atom. The summed E-state index contributed by atoms with van der Waals surface area (Å²) in [6.45, 7) is 6.26. The van der Waals surface area contributed by atoms with Crippen LogP contribution in [0.25, 0.3) is 0 Å². The van der Waals surface area contributed by atoms with E-state index in [9.17, 15) is 0 Å². The van der Waals surface area contributed by atoms with Gasteiger partial charge in [-0.05, 0) is 24.7 Å². The monoisotopic (exact) mass is 324 g/mol. The molecule has 5 heteroatoms. The minimum atomic E-state index is 0.0730. The number of halogens is 1. The van der Waals surface area contributed by atoms with E-state index in [0.717, 1.165) is 30.7 Å². The SMILES string of the molecule is CCN1CCOC(COc2ccc(Br)cc2C#N)C1. The van der Waals surface area contributed by atoms with Crippen molar-refractivity contribution in [3.63, 3.8) is 0 Å². The van der Waals surface area contributed by atoms with Gasteiger partial charge in [-0.2, -0.15) is 5.26 Å². The molecule has 102 valence electrons. The predicted molar refractivity (Wildman–Crippen MR) is 76.2 cm³/mol. The number of nitrogens with zero attached hydrogens (tertiary/aromatic N) is 2. The first-order valence-electron chi connectivity index (χ1n) is 6.39.